The maximum atomic E-state index is 12.6. The fraction of sp³-hybridized carbons (Fsp3) is 0.333. The minimum atomic E-state index is -0.512. The van der Waals surface area contributed by atoms with Crippen LogP contribution in [0.2, 0.25) is 0 Å². The number of pyridine rings is 1. The van der Waals surface area contributed by atoms with E-state index in [1.807, 2.05) is 44.2 Å². The summed E-state index contributed by atoms with van der Waals surface area (Å²) in [5.74, 6) is -0.182. The fourth-order valence-corrected chi connectivity index (χ4v) is 2.47. The predicted octanol–water partition coefficient (Wildman–Crippen LogP) is 2.60. The molecular weight excluding hydrogens is 290 g/mol. The zero-order chi connectivity index (χ0) is 16.8. The number of anilines is 1. The van der Waals surface area contributed by atoms with Crippen molar-refractivity contribution in [1.29, 1.82) is 0 Å². The van der Waals surface area contributed by atoms with Gasteiger partial charge < -0.3 is 15.6 Å². The van der Waals surface area contributed by atoms with Gasteiger partial charge in [-0.1, -0.05) is 25.5 Å². The highest BCUT2D eigenvalue weighted by atomic mass is 16.2. The van der Waals surface area contributed by atoms with Gasteiger partial charge in [0.1, 0.15) is 6.04 Å². The van der Waals surface area contributed by atoms with Crippen molar-refractivity contribution in [2.75, 3.05) is 5.32 Å². The lowest BCUT2D eigenvalue weighted by atomic mass is 10.1. The number of nitrogens with one attached hydrogen (secondary N) is 1. The Morgan fingerprint density at radius 2 is 1.96 bits per heavy atom. The summed E-state index contributed by atoms with van der Waals surface area (Å²) in [6.45, 7) is 4.32. The molecule has 0 saturated heterocycles. The number of carbonyl (C=O) groups is 1. The number of nitrogens with two attached hydrogens (primary N) is 1. The van der Waals surface area contributed by atoms with Crippen LogP contribution in [-0.2, 0) is 11.3 Å². The zero-order valence-corrected chi connectivity index (χ0v) is 13.6. The smallest absolute Gasteiger partial charge is 0.251 e. The van der Waals surface area contributed by atoms with Crippen molar-refractivity contribution in [2.45, 2.75) is 39.3 Å². The minimum absolute atomic E-state index is 0.155. The van der Waals surface area contributed by atoms with Crippen LogP contribution in [0, 0.1) is 6.92 Å². The number of amides is 1. The highest BCUT2D eigenvalue weighted by molar-refractivity contribution is 5.93. The third kappa shape index (κ3) is 4.29. The Morgan fingerprint density at radius 1 is 1.26 bits per heavy atom. The number of benzene rings is 1. The lowest BCUT2D eigenvalue weighted by molar-refractivity contribution is -0.119. The monoisotopic (exact) mass is 313 g/mol. The van der Waals surface area contributed by atoms with Gasteiger partial charge in [-0.25, -0.2) is 0 Å². The van der Waals surface area contributed by atoms with Gasteiger partial charge >= 0.3 is 0 Å². The molecule has 0 spiro atoms. The third-order valence-corrected chi connectivity index (χ3v) is 3.76. The molecule has 1 amide bonds. The summed E-state index contributed by atoms with van der Waals surface area (Å²) in [5.41, 5.74) is 8.01. The van der Waals surface area contributed by atoms with Gasteiger partial charge in [0.2, 0.25) is 5.91 Å². The molecular formula is C18H23N3O2. The number of carbonyl (C=O) groups excluding carboxylic acids is 1. The molecule has 3 N–H and O–H groups in total. The summed E-state index contributed by atoms with van der Waals surface area (Å²) in [4.78, 5) is 24.8. The van der Waals surface area contributed by atoms with E-state index >= 15 is 0 Å². The predicted molar refractivity (Wildman–Crippen MR) is 92.3 cm³/mol. The molecule has 0 saturated carbocycles. The Morgan fingerprint density at radius 3 is 2.52 bits per heavy atom. The molecule has 122 valence electrons. The Kier molecular flexibility index (Phi) is 5.71. The summed E-state index contributed by atoms with van der Waals surface area (Å²) in [7, 11) is 0. The number of nitrogens with zero attached hydrogens (tertiary/aromatic N) is 1. The molecule has 1 heterocycles. The van der Waals surface area contributed by atoms with Crippen LogP contribution in [0.3, 0.4) is 0 Å². The average molecular weight is 313 g/mol. The first-order chi connectivity index (χ1) is 11.0. The quantitative estimate of drug-likeness (QED) is 0.860. The van der Waals surface area contributed by atoms with E-state index in [0.29, 0.717) is 18.7 Å². The third-order valence-electron chi connectivity index (χ3n) is 3.76. The molecule has 5 nitrogen and oxygen atoms in total. The second kappa shape index (κ2) is 7.74. The van der Waals surface area contributed by atoms with Crippen molar-refractivity contribution in [3.63, 3.8) is 0 Å². The summed E-state index contributed by atoms with van der Waals surface area (Å²) in [5, 5.41) is 2.88. The Hall–Kier alpha value is -2.40. The first kappa shape index (κ1) is 17.0. The van der Waals surface area contributed by atoms with Gasteiger partial charge in [-0.2, -0.15) is 0 Å². The highest BCUT2D eigenvalue weighted by Crippen LogP contribution is 2.16. The summed E-state index contributed by atoms with van der Waals surface area (Å²) < 4.78 is 1.50. The van der Waals surface area contributed by atoms with E-state index in [0.717, 1.165) is 17.5 Å². The molecule has 0 aliphatic carbocycles. The van der Waals surface area contributed by atoms with E-state index in [9.17, 15) is 9.59 Å². The van der Waals surface area contributed by atoms with Crippen LogP contribution in [0.25, 0.3) is 0 Å². The summed E-state index contributed by atoms with van der Waals surface area (Å²) in [6.07, 6.45) is 3.11. The Labute approximate surface area is 136 Å². The summed E-state index contributed by atoms with van der Waals surface area (Å²) >= 11 is 0. The van der Waals surface area contributed by atoms with Crippen molar-refractivity contribution in [1.82, 2.24) is 4.57 Å². The zero-order valence-electron chi connectivity index (χ0n) is 13.6. The molecule has 23 heavy (non-hydrogen) atoms. The molecule has 5 heteroatoms. The lowest BCUT2D eigenvalue weighted by Crippen LogP contribution is -2.32. The van der Waals surface area contributed by atoms with Crippen molar-refractivity contribution in [3.05, 3.63) is 64.1 Å². The molecule has 1 atom stereocenters. The highest BCUT2D eigenvalue weighted by Gasteiger charge is 2.20. The molecule has 1 aromatic heterocycles. The van der Waals surface area contributed by atoms with Crippen LogP contribution in [0.5, 0.6) is 0 Å². The van der Waals surface area contributed by atoms with E-state index in [2.05, 4.69) is 5.32 Å². The van der Waals surface area contributed by atoms with Crippen LogP contribution in [0.1, 0.15) is 36.9 Å². The Bertz CT molecular complexity index is 720. The number of aromatic nitrogens is 1. The number of hydrogen-bond acceptors (Lipinski definition) is 3. The van der Waals surface area contributed by atoms with Crippen molar-refractivity contribution in [2.24, 2.45) is 5.73 Å². The molecule has 0 radical (unpaired) electrons. The molecule has 0 aliphatic heterocycles. The molecule has 2 aromatic rings. The molecule has 0 bridgehead atoms. The topological polar surface area (TPSA) is 77.1 Å². The summed E-state index contributed by atoms with van der Waals surface area (Å²) in [6, 6.07) is 10.3. The van der Waals surface area contributed by atoms with E-state index in [4.69, 9.17) is 5.73 Å². The standard InChI is InChI=1S/C18H23N3O2/c1-3-4-16(21-10-9-13(2)11-17(21)22)18(23)20-15-7-5-14(12-19)6-8-15/h5-11,16H,3-4,12,19H2,1-2H3,(H,20,23). The van der Waals surface area contributed by atoms with Crippen molar-refractivity contribution < 1.29 is 4.79 Å². The molecule has 0 aliphatic rings. The maximum Gasteiger partial charge on any atom is 0.251 e. The number of rotatable bonds is 6. The van der Waals surface area contributed by atoms with E-state index in [1.54, 1.807) is 12.3 Å². The van der Waals surface area contributed by atoms with Crippen LogP contribution in [-0.4, -0.2) is 10.5 Å². The van der Waals surface area contributed by atoms with Gasteiger partial charge in [0, 0.05) is 24.5 Å². The van der Waals surface area contributed by atoms with Crippen LogP contribution < -0.4 is 16.6 Å². The van der Waals surface area contributed by atoms with Crippen LogP contribution >= 0.6 is 0 Å². The lowest BCUT2D eigenvalue weighted by Gasteiger charge is -2.19. The molecule has 1 unspecified atom stereocenters. The first-order valence-corrected chi connectivity index (χ1v) is 7.83. The second-order valence-corrected chi connectivity index (χ2v) is 5.64. The van der Waals surface area contributed by atoms with E-state index in [-0.39, 0.29) is 11.5 Å². The first-order valence-electron chi connectivity index (χ1n) is 7.83. The van der Waals surface area contributed by atoms with Crippen molar-refractivity contribution in [3.8, 4) is 0 Å². The molecule has 0 fully saturated rings. The molecule has 2 rings (SSSR count). The van der Waals surface area contributed by atoms with E-state index < -0.39 is 6.04 Å². The Balaban J connectivity index is 2.22. The molecule has 1 aromatic carbocycles. The minimum Gasteiger partial charge on any atom is -0.326 e. The van der Waals surface area contributed by atoms with Crippen LogP contribution in [0.4, 0.5) is 5.69 Å². The number of hydrogen-bond donors (Lipinski definition) is 2. The van der Waals surface area contributed by atoms with Crippen LogP contribution in [0.15, 0.2) is 47.4 Å². The normalized spacial score (nSPS) is 12.0. The van der Waals surface area contributed by atoms with Gasteiger partial charge in [-0.15, -0.1) is 0 Å². The SMILES string of the molecule is CCCC(C(=O)Nc1ccc(CN)cc1)n1ccc(C)cc1=O. The van der Waals surface area contributed by atoms with Gasteiger partial charge in [-0.3, -0.25) is 9.59 Å². The van der Waals surface area contributed by atoms with Crippen molar-refractivity contribution >= 4 is 11.6 Å². The van der Waals surface area contributed by atoms with Gasteiger partial charge in [0.15, 0.2) is 0 Å². The maximum absolute atomic E-state index is 12.6. The van der Waals surface area contributed by atoms with Gasteiger partial charge in [0.05, 0.1) is 0 Å². The number of aryl methyl sites for hydroxylation is 1. The van der Waals surface area contributed by atoms with Gasteiger partial charge in [0.25, 0.3) is 5.56 Å². The fourth-order valence-electron chi connectivity index (χ4n) is 2.47. The second-order valence-electron chi connectivity index (χ2n) is 5.64. The largest absolute Gasteiger partial charge is 0.326 e. The average Bonchev–Trinajstić information content (AvgIpc) is 2.54. The van der Waals surface area contributed by atoms with E-state index in [1.165, 1.54) is 4.57 Å². The van der Waals surface area contributed by atoms with Gasteiger partial charge in [-0.05, 0) is 42.7 Å².